The lowest BCUT2D eigenvalue weighted by Crippen LogP contribution is -2.30. The fourth-order valence-electron chi connectivity index (χ4n) is 1.63. The third-order valence-corrected chi connectivity index (χ3v) is 2.85. The van der Waals surface area contributed by atoms with Crippen LogP contribution in [0.3, 0.4) is 0 Å². The van der Waals surface area contributed by atoms with Gasteiger partial charge in [-0.25, -0.2) is 4.79 Å². The van der Waals surface area contributed by atoms with Crippen molar-refractivity contribution in [2.75, 3.05) is 20.3 Å². The van der Waals surface area contributed by atoms with Crippen molar-refractivity contribution in [3.05, 3.63) is 45.3 Å². The van der Waals surface area contributed by atoms with Crippen LogP contribution in [0.25, 0.3) is 11.0 Å². The second-order valence-electron chi connectivity index (χ2n) is 3.85. The molecule has 0 aliphatic rings. The number of hydrogen-bond donors (Lipinski definition) is 1. The highest BCUT2D eigenvalue weighted by molar-refractivity contribution is 6.34. The van der Waals surface area contributed by atoms with E-state index in [2.05, 4.69) is 5.32 Å². The standard InChI is InChI=1S/C13H12ClNO4/c1-18-6-5-15-12(16)9-7-8-3-2-4-10(14)11(8)19-13(9)17/h2-4,7H,5-6H2,1H3,(H,15,16). The normalized spacial score (nSPS) is 10.6. The summed E-state index contributed by atoms with van der Waals surface area (Å²) in [4.78, 5) is 23.6. The van der Waals surface area contributed by atoms with Crippen LogP contribution in [0.1, 0.15) is 10.4 Å². The van der Waals surface area contributed by atoms with E-state index in [0.717, 1.165) is 0 Å². The molecule has 0 saturated carbocycles. The van der Waals surface area contributed by atoms with Gasteiger partial charge in [-0.2, -0.15) is 0 Å². The first-order chi connectivity index (χ1) is 9.13. The topological polar surface area (TPSA) is 68.5 Å². The molecule has 2 aromatic rings. The van der Waals surface area contributed by atoms with E-state index in [1.54, 1.807) is 18.2 Å². The highest BCUT2D eigenvalue weighted by Gasteiger charge is 2.14. The molecule has 19 heavy (non-hydrogen) atoms. The molecule has 0 bridgehead atoms. The van der Waals surface area contributed by atoms with Crippen LogP contribution in [0, 0.1) is 0 Å². The number of rotatable bonds is 4. The summed E-state index contributed by atoms with van der Waals surface area (Å²) in [6, 6.07) is 6.52. The molecule has 1 heterocycles. The summed E-state index contributed by atoms with van der Waals surface area (Å²) >= 11 is 5.91. The molecule has 1 aromatic carbocycles. The molecular formula is C13H12ClNO4. The first-order valence-electron chi connectivity index (χ1n) is 5.63. The van der Waals surface area contributed by atoms with Gasteiger partial charge in [0.15, 0.2) is 5.58 Å². The molecule has 0 unspecified atom stereocenters. The summed E-state index contributed by atoms with van der Waals surface area (Å²) in [6.45, 7) is 0.693. The van der Waals surface area contributed by atoms with Gasteiger partial charge in [-0.15, -0.1) is 0 Å². The maximum Gasteiger partial charge on any atom is 0.349 e. The number of amides is 1. The molecular weight excluding hydrogens is 270 g/mol. The lowest BCUT2D eigenvalue weighted by atomic mass is 10.2. The number of methoxy groups -OCH3 is 1. The molecule has 0 spiro atoms. The van der Waals surface area contributed by atoms with Crippen molar-refractivity contribution in [2.24, 2.45) is 0 Å². The minimum atomic E-state index is -0.712. The maximum absolute atomic E-state index is 11.8. The van der Waals surface area contributed by atoms with E-state index < -0.39 is 11.5 Å². The van der Waals surface area contributed by atoms with Crippen LogP contribution in [0.5, 0.6) is 0 Å². The van der Waals surface area contributed by atoms with Crippen molar-refractivity contribution < 1.29 is 13.9 Å². The molecule has 1 aromatic heterocycles. The Balaban J connectivity index is 2.36. The predicted molar refractivity (Wildman–Crippen MR) is 71.7 cm³/mol. The largest absolute Gasteiger partial charge is 0.421 e. The SMILES string of the molecule is COCCNC(=O)c1cc2cccc(Cl)c2oc1=O. The second kappa shape index (κ2) is 5.86. The molecule has 0 fully saturated rings. The second-order valence-corrected chi connectivity index (χ2v) is 4.26. The number of fused-ring (bicyclic) bond motifs is 1. The van der Waals surface area contributed by atoms with E-state index in [4.69, 9.17) is 20.8 Å². The summed E-state index contributed by atoms with van der Waals surface area (Å²) in [5.74, 6) is -0.493. The molecule has 5 nitrogen and oxygen atoms in total. The summed E-state index contributed by atoms with van der Waals surface area (Å²) in [6.07, 6.45) is 0. The quantitative estimate of drug-likeness (QED) is 0.686. The summed E-state index contributed by atoms with van der Waals surface area (Å²) < 4.78 is 9.88. The molecule has 6 heteroatoms. The van der Waals surface area contributed by atoms with E-state index in [1.165, 1.54) is 13.2 Å². The molecule has 0 aliphatic heterocycles. The van der Waals surface area contributed by atoms with Crippen LogP contribution in [0.2, 0.25) is 5.02 Å². The Bertz CT molecular complexity index is 665. The van der Waals surface area contributed by atoms with Crippen LogP contribution < -0.4 is 10.9 Å². The zero-order valence-corrected chi connectivity index (χ0v) is 11.0. The van der Waals surface area contributed by atoms with Gasteiger partial charge < -0.3 is 14.5 Å². The Morgan fingerprint density at radius 2 is 2.26 bits per heavy atom. The fourth-order valence-corrected chi connectivity index (χ4v) is 1.85. The first kappa shape index (κ1) is 13.6. The molecule has 2 rings (SSSR count). The van der Waals surface area contributed by atoms with Crippen LogP contribution in [-0.2, 0) is 4.74 Å². The lowest BCUT2D eigenvalue weighted by molar-refractivity contribution is 0.0933. The van der Waals surface area contributed by atoms with E-state index in [-0.39, 0.29) is 11.1 Å². The van der Waals surface area contributed by atoms with Crippen molar-refractivity contribution in [2.45, 2.75) is 0 Å². The van der Waals surface area contributed by atoms with Gasteiger partial charge in [0, 0.05) is 19.0 Å². The Labute approximate surface area is 114 Å². The van der Waals surface area contributed by atoms with Gasteiger partial charge >= 0.3 is 5.63 Å². The number of carbonyl (C=O) groups excluding carboxylic acids is 1. The summed E-state index contributed by atoms with van der Waals surface area (Å²) in [7, 11) is 1.53. The van der Waals surface area contributed by atoms with E-state index in [0.29, 0.717) is 23.6 Å². The molecule has 0 radical (unpaired) electrons. The number of benzene rings is 1. The van der Waals surface area contributed by atoms with Crippen LogP contribution in [-0.4, -0.2) is 26.2 Å². The molecule has 0 saturated heterocycles. The number of hydrogen-bond acceptors (Lipinski definition) is 4. The monoisotopic (exact) mass is 281 g/mol. The number of carbonyl (C=O) groups is 1. The number of nitrogens with one attached hydrogen (secondary N) is 1. The molecule has 100 valence electrons. The predicted octanol–water partition coefficient (Wildman–Crippen LogP) is 1.82. The van der Waals surface area contributed by atoms with Crippen molar-refractivity contribution >= 4 is 28.5 Å². The first-order valence-corrected chi connectivity index (χ1v) is 6.01. The zero-order valence-electron chi connectivity index (χ0n) is 10.2. The minimum Gasteiger partial charge on any atom is -0.421 e. The molecule has 1 amide bonds. The highest BCUT2D eigenvalue weighted by Crippen LogP contribution is 2.22. The fraction of sp³-hybridized carbons (Fsp3) is 0.231. The third kappa shape index (κ3) is 2.94. The van der Waals surface area contributed by atoms with Crippen molar-refractivity contribution in [1.82, 2.24) is 5.32 Å². The zero-order chi connectivity index (χ0) is 13.8. The molecule has 0 atom stereocenters. The summed E-state index contributed by atoms with van der Waals surface area (Å²) in [5.41, 5.74) is -0.482. The van der Waals surface area contributed by atoms with Crippen LogP contribution in [0.15, 0.2) is 33.5 Å². The average molecular weight is 282 g/mol. The Morgan fingerprint density at radius 3 is 3.00 bits per heavy atom. The van der Waals surface area contributed by atoms with Crippen LogP contribution >= 0.6 is 11.6 Å². The van der Waals surface area contributed by atoms with Gasteiger partial charge in [-0.3, -0.25) is 4.79 Å². The Morgan fingerprint density at radius 1 is 1.47 bits per heavy atom. The van der Waals surface area contributed by atoms with E-state index in [9.17, 15) is 9.59 Å². The van der Waals surface area contributed by atoms with Crippen LogP contribution in [0.4, 0.5) is 0 Å². The molecule has 0 aliphatic carbocycles. The van der Waals surface area contributed by atoms with Crippen molar-refractivity contribution in [1.29, 1.82) is 0 Å². The average Bonchev–Trinajstić information content (AvgIpc) is 2.39. The smallest absolute Gasteiger partial charge is 0.349 e. The third-order valence-electron chi connectivity index (χ3n) is 2.55. The maximum atomic E-state index is 11.8. The highest BCUT2D eigenvalue weighted by atomic mass is 35.5. The van der Waals surface area contributed by atoms with Gasteiger partial charge in [-0.1, -0.05) is 23.7 Å². The summed E-state index contributed by atoms with van der Waals surface area (Å²) in [5, 5.41) is 3.50. The van der Waals surface area contributed by atoms with Gasteiger partial charge in [0.1, 0.15) is 5.56 Å². The lowest BCUT2D eigenvalue weighted by Gasteiger charge is -2.05. The number of ether oxygens (including phenoxy) is 1. The van der Waals surface area contributed by atoms with Gasteiger partial charge in [0.2, 0.25) is 0 Å². The molecule has 1 N–H and O–H groups in total. The van der Waals surface area contributed by atoms with Gasteiger partial charge in [0.25, 0.3) is 5.91 Å². The Kier molecular flexibility index (Phi) is 4.19. The Hall–Kier alpha value is -1.85. The van der Waals surface area contributed by atoms with Gasteiger partial charge in [0.05, 0.1) is 11.6 Å². The minimum absolute atomic E-state index is 0.0501. The van der Waals surface area contributed by atoms with Gasteiger partial charge in [-0.05, 0) is 12.1 Å². The van der Waals surface area contributed by atoms with E-state index >= 15 is 0 Å². The number of para-hydroxylation sites is 1. The number of halogens is 1. The van der Waals surface area contributed by atoms with Crippen molar-refractivity contribution in [3.8, 4) is 0 Å². The van der Waals surface area contributed by atoms with E-state index in [1.807, 2.05) is 0 Å². The van der Waals surface area contributed by atoms with Crippen molar-refractivity contribution in [3.63, 3.8) is 0 Å².